The molecule has 0 radical (unpaired) electrons. The summed E-state index contributed by atoms with van der Waals surface area (Å²) in [4.78, 5) is 12.1. The summed E-state index contributed by atoms with van der Waals surface area (Å²) in [6, 6.07) is 11.4. The first-order valence-corrected chi connectivity index (χ1v) is 9.79. The molecule has 7 heteroatoms. The number of carbonyl (C=O) groups is 1. The van der Waals surface area contributed by atoms with Crippen LogP contribution < -0.4 is 10.0 Å². The Morgan fingerprint density at radius 2 is 1.65 bits per heavy atom. The van der Waals surface area contributed by atoms with Gasteiger partial charge in [0.25, 0.3) is 15.9 Å². The van der Waals surface area contributed by atoms with Gasteiger partial charge in [-0.15, -0.1) is 0 Å². The number of amides is 1. The number of sulfonamides is 1. The maximum atomic E-state index is 12.6. The number of methoxy groups -OCH3 is 1. The molecule has 0 aliphatic heterocycles. The van der Waals surface area contributed by atoms with Crippen LogP contribution in [0, 0.1) is 13.8 Å². The van der Waals surface area contributed by atoms with Crippen LogP contribution in [0.15, 0.2) is 47.4 Å². The molecule has 0 aliphatic carbocycles. The Morgan fingerprint density at radius 1 is 1.04 bits per heavy atom. The minimum atomic E-state index is -3.72. The second-order valence-electron chi connectivity index (χ2n) is 6.00. The van der Waals surface area contributed by atoms with Crippen molar-refractivity contribution in [2.45, 2.75) is 25.2 Å². The molecule has 0 saturated carbocycles. The van der Waals surface area contributed by atoms with Crippen LogP contribution in [0.2, 0.25) is 0 Å². The third-order valence-corrected chi connectivity index (χ3v) is 5.32. The number of nitrogens with one attached hydrogen (secondary N) is 2. The lowest BCUT2D eigenvalue weighted by Gasteiger charge is -2.13. The Labute approximate surface area is 154 Å². The third-order valence-electron chi connectivity index (χ3n) is 3.96. The Balaban J connectivity index is 2.10. The van der Waals surface area contributed by atoms with E-state index < -0.39 is 10.0 Å². The highest BCUT2D eigenvalue weighted by molar-refractivity contribution is 7.92. The molecule has 2 aromatic rings. The minimum absolute atomic E-state index is 0.107. The summed E-state index contributed by atoms with van der Waals surface area (Å²) < 4.78 is 32.8. The zero-order chi connectivity index (χ0) is 19.2. The Hall–Kier alpha value is -2.38. The van der Waals surface area contributed by atoms with Gasteiger partial charge >= 0.3 is 0 Å². The molecular weight excluding hydrogens is 352 g/mol. The maximum Gasteiger partial charge on any atom is 0.261 e. The number of rotatable bonds is 8. The van der Waals surface area contributed by atoms with Gasteiger partial charge in [-0.05, 0) is 55.7 Å². The topological polar surface area (TPSA) is 84.5 Å². The summed E-state index contributed by atoms with van der Waals surface area (Å²) in [6.45, 7) is 4.77. The molecule has 0 aromatic heterocycles. The van der Waals surface area contributed by atoms with Crippen molar-refractivity contribution in [3.63, 3.8) is 0 Å². The monoisotopic (exact) mass is 376 g/mol. The molecule has 0 unspecified atom stereocenters. The fourth-order valence-electron chi connectivity index (χ4n) is 2.47. The minimum Gasteiger partial charge on any atom is -0.385 e. The van der Waals surface area contributed by atoms with Gasteiger partial charge < -0.3 is 10.1 Å². The molecule has 0 bridgehead atoms. The highest BCUT2D eigenvalue weighted by Gasteiger charge is 2.17. The van der Waals surface area contributed by atoms with E-state index in [1.165, 1.54) is 24.3 Å². The SMILES string of the molecule is COCCCNC(=O)c1ccc(S(=O)(=O)Nc2c(C)cccc2C)cc1. The van der Waals surface area contributed by atoms with E-state index >= 15 is 0 Å². The number of aryl methyl sites for hydroxylation is 2. The predicted molar refractivity (Wildman–Crippen MR) is 102 cm³/mol. The van der Waals surface area contributed by atoms with E-state index in [1.54, 1.807) is 7.11 Å². The number of hydrogen-bond donors (Lipinski definition) is 2. The second-order valence-corrected chi connectivity index (χ2v) is 7.68. The van der Waals surface area contributed by atoms with Crippen LogP contribution in [0.25, 0.3) is 0 Å². The highest BCUT2D eigenvalue weighted by atomic mass is 32.2. The predicted octanol–water partition coefficient (Wildman–Crippen LogP) is 2.87. The Kier molecular flexibility index (Phi) is 6.76. The van der Waals surface area contributed by atoms with Gasteiger partial charge in [-0.25, -0.2) is 8.42 Å². The quantitative estimate of drug-likeness (QED) is 0.694. The van der Waals surface area contributed by atoms with Crippen molar-refractivity contribution in [2.24, 2.45) is 0 Å². The van der Waals surface area contributed by atoms with Crippen molar-refractivity contribution < 1.29 is 17.9 Å². The first-order chi connectivity index (χ1) is 12.3. The molecule has 0 atom stereocenters. The van der Waals surface area contributed by atoms with Crippen LogP contribution in [-0.2, 0) is 14.8 Å². The molecule has 2 aromatic carbocycles. The summed E-state index contributed by atoms with van der Waals surface area (Å²) in [5.74, 6) is -0.243. The average molecular weight is 376 g/mol. The van der Waals surface area contributed by atoms with Crippen molar-refractivity contribution in [3.8, 4) is 0 Å². The summed E-state index contributed by atoms with van der Waals surface area (Å²) in [5, 5.41) is 2.76. The normalized spacial score (nSPS) is 11.2. The van der Waals surface area contributed by atoms with Crippen molar-refractivity contribution in [1.29, 1.82) is 0 Å². The molecule has 0 spiro atoms. The molecule has 140 valence electrons. The van der Waals surface area contributed by atoms with Crippen LogP contribution in [0.3, 0.4) is 0 Å². The van der Waals surface area contributed by atoms with Crippen LogP contribution in [0.5, 0.6) is 0 Å². The fraction of sp³-hybridized carbons (Fsp3) is 0.316. The van der Waals surface area contributed by atoms with Crippen molar-refractivity contribution in [3.05, 3.63) is 59.2 Å². The number of ether oxygens (including phenoxy) is 1. The third kappa shape index (κ3) is 5.06. The first kappa shape index (κ1) is 19.9. The smallest absolute Gasteiger partial charge is 0.261 e. The number of anilines is 1. The average Bonchev–Trinajstić information content (AvgIpc) is 2.62. The molecule has 2 N–H and O–H groups in total. The zero-order valence-corrected chi connectivity index (χ0v) is 16.0. The van der Waals surface area contributed by atoms with E-state index in [1.807, 2.05) is 32.0 Å². The molecule has 0 heterocycles. The summed E-state index contributed by atoms with van der Waals surface area (Å²) in [5.41, 5.74) is 2.68. The summed E-state index contributed by atoms with van der Waals surface area (Å²) >= 11 is 0. The summed E-state index contributed by atoms with van der Waals surface area (Å²) in [6.07, 6.45) is 0.717. The second kappa shape index (κ2) is 8.82. The summed E-state index contributed by atoms with van der Waals surface area (Å²) in [7, 11) is -2.12. The Morgan fingerprint density at radius 3 is 2.23 bits per heavy atom. The lowest BCUT2D eigenvalue weighted by molar-refractivity contribution is 0.0948. The maximum absolute atomic E-state index is 12.6. The van der Waals surface area contributed by atoms with E-state index in [4.69, 9.17) is 4.74 Å². The van der Waals surface area contributed by atoms with Crippen LogP contribution >= 0.6 is 0 Å². The van der Waals surface area contributed by atoms with Gasteiger partial charge in [-0.2, -0.15) is 0 Å². The number of benzene rings is 2. The number of hydrogen-bond acceptors (Lipinski definition) is 4. The van der Waals surface area contributed by atoms with Gasteiger partial charge in [-0.1, -0.05) is 18.2 Å². The van der Waals surface area contributed by atoms with E-state index in [0.717, 1.165) is 11.1 Å². The van der Waals surface area contributed by atoms with Gasteiger partial charge in [0.1, 0.15) is 0 Å². The van der Waals surface area contributed by atoms with E-state index in [0.29, 0.717) is 30.8 Å². The van der Waals surface area contributed by atoms with Gasteiger partial charge in [-0.3, -0.25) is 9.52 Å². The van der Waals surface area contributed by atoms with Crippen LogP contribution in [0.4, 0.5) is 5.69 Å². The van der Waals surface area contributed by atoms with E-state index in [9.17, 15) is 13.2 Å². The molecule has 6 nitrogen and oxygen atoms in total. The van der Waals surface area contributed by atoms with Gasteiger partial charge in [0.15, 0.2) is 0 Å². The van der Waals surface area contributed by atoms with Gasteiger partial charge in [0.05, 0.1) is 10.6 Å². The van der Waals surface area contributed by atoms with Gasteiger partial charge in [0, 0.05) is 25.8 Å². The molecule has 26 heavy (non-hydrogen) atoms. The molecule has 0 saturated heterocycles. The molecule has 1 amide bonds. The molecular formula is C19H24N2O4S. The molecule has 0 aliphatic rings. The molecule has 2 rings (SSSR count). The van der Waals surface area contributed by atoms with Crippen LogP contribution in [0.1, 0.15) is 27.9 Å². The lowest BCUT2D eigenvalue weighted by atomic mass is 10.1. The van der Waals surface area contributed by atoms with Gasteiger partial charge in [0.2, 0.25) is 0 Å². The van der Waals surface area contributed by atoms with Crippen LogP contribution in [-0.4, -0.2) is 34.6 Å². The molecule has 0 fully saturated rings. The van der Waals surface area contributed by atoms with Crippen molar-refractivity contribution in [2.75, 3.05) is 25.0 Å². The van der Waals surface area contributed by atoms with Crippen molar-refractivity contribution >= 4 is 21.6 Å². The van der Waals surface area contributed by atoms with E-state index in [-0.39, 0.29) is 10.8 Å². The highest BCUT2D eigenvalue weighted by Crippen LogP contribution is 2.23. The van der Waals surface area contributed by atoms with E-state index in [2.05, 4.69) is 10.0 Å². The van der Waals surface area contributed by atoms with Crippen molar-refractivity contribution in [1.82, 2.24) is 5.32 Å². The number of carbonyl (C=O) groups excluding carboxylic acids is 1. The Bertz CT molecular complexity index is 841. The fourth-order valence-corrected chi connectivity index (χ4v) is 3.68. The largest absolute Gasteiger partial charge is 0.385 e. The first-order valence-electron chi connectivity index (χ1n) is 8.31. The number of para-hydroxylation sites is 1. The standard InChI is InChI=1S/C19H24N2O4S/c1-14-6-4-7-15(2)18(14)21-26(23,24)17-10-8-16(9-11-17)19(22)20-12-5-13-25-3/h4,6-11,21H,5,12-13H2,1-3H3,(H,20,22). The lowest BCUT2D eigenvalue weighted by Crippen LogP contribution is -2.25. The zero-order valence-electron chi connectivity index (χ0n) is 15.2.